The smallest absolute Gasteiger partial charge is 0.0207 e. The van der Waals surface area contributed by atoms with Crippen LogP contribution in [-0.4, -0.2) is 36.1 Å². The normalized spacial score (nSPS) is 29.6. The van der Waals surface area contributed by atoms with E-state index in [4.69, 9.17) is 0 Å². The van der Waals surface area contributed by atoms with Gasteiger partial charge in [0.2, 0.25) is 0 Å². The highest BCUT2D eigenvalue weighted by Gasteiger charge is 2.43. The third kappa shape index (κ3) is 2.43. The summed E-state index contributed by atoms with van der Waals surface area (Å²) in [5.41, 5.74) is 0.618. The highest BCUT2D eigenvalue weighted by Crippen LogP contribution is 2.42. The fourth-order valence-electron chi connectivity index (χ4n) is 3.31. The first-order valence-electron chi connectivity index (χ1n) is 7.15. The lowest BCUT2D eigenvalue weighted by molar-refractivity contribution is 0.0291. The quantitative estimate of drug-likeness (QED) is 0.772. The van der Waals surface area contributed by atoms with Gasteiger partial charge in [-0.25, -0.2) is 0 Å². The molecule has 0 amide bonds. The van der Waals surface area contributed by atoms with Crippen LogP contribution < -0.4 is 5.32 Å². The molecule has 2 fully saturated rings. The van der Waals surface area contributed by atoms with Crippen LogP contribution in [-0.2, 0) is 0 Å². The number of nitrogens with one attached hydrogen (secondary N) is 1. The molecule has 0 spiro atoms. The van der Waals surface area contributed by atoms with Crippen molar-refractivity contribution >= 4 is 0 Å². The molecule has 1 unspecified atom stereocenters. The zero-order chi connectivity index (χ0) is 11.6. The van der Waals surface area contributed by atoms with Crippen LogP contribution >= 0.6 is 0 Å². The molecule has 1 saturated carbocycles. The lowest BCUT2D eigenvalue weighted by Gasteiger charge is -2.49. The van der Waals surface area contributed by atoms with Gasteiger partial charge in [-0.15, -0.1) is 0 Å². The predicted octanol–water partition coefficient (Wildman–Crippen LogP) is 2.64. The van der Waals surface area contributed by atoms with Crippen molar-refractivity contribution in [2.45, 2.75) is 64.5 Å². The summed E-state index contributed by atoms with van der Waals surface area (Å²) in [7, 11) is 0. The van der Waals surface area contributed by atoms with E-state index in [0.717, 1.165) is 5.92 Å². The van der Waals surface area contributed by atoms with Gasteiger partial charge >= 0.3 is 0 Å². The van der Waals surface area contributed by atoms with Crippen molar-refractivity contribution in [2.75, 3.05) is 19.6 Å². The maximum atomic E-state index is 3.59. The monoisotopic (exact) mass is 224 g/mol. The molecule has 0 aromatic carbocycles. The third-order valence-corrected chi connectivity index (χ3v) is 4.71. The average molecular weight is 224 g/mol. The largest absolute Gasteiger partial charge is 0.314 e. The first-order valence-corrected chi connectivity index (χ1v) is 7.15. The van der Waals surface area contributed by atoms with Crippen LogP contribution in [0.2, 0.25) is 0 Å². The lowest BCUT2D eigenvalue weighted by atomic mass is 9.73. The van der Waals surface area contributed by atoms with Gasteiger partial charge in [0, 0.05) is 18.1 Å². The Hall–Kier alpha value is -0.0800. The Labute approximate surface area is 101 Å². The van der Waals surface area contributed by atoms with Gasteiger partial charge < -0.3 is 5.32 Å². The average Bonchev–Trinajstić information content (AvgIpc) is 2.63. The lowest BCUT2D eigenvalue weighted by Crippen LogP contribution is -2.52. The van der Waals surface area contributed by atoms with Crippen molar-refractivity contribution in [1.82, 2.24) is 10.2 Å². The summed E-state index contributed by atoms with van der Waals surface area (Å²) in [5.74, 6) is 0.895. The molecule has 1 N–H and O–H groups in total. The Kier molecular flexibility index (Phi) is 3.91. The van der Waals surface area contributed by atoms with Crippen molar-refractivity contribution < 1.29 is 0 Å². The van der Waals surface area contributed by atoms with E-state index in [1.807, 2.05) is 0 Å². The second kappa shape index (κ2) is 5.05. The van der Waals surface area contributed by atoms with Gasteiger partial charge in [-0.3, -0.25) is 4.90 Å². The number of hydrogen-bond donors (Lipinski definition) is 1. The Bertz CT molecular complexity index is 215. The van der Waals surface area contributed by atoms with E-state index in [0.29, 0.717) is 11.6 Å². The summed E-state index contributed by atoms with van der Waals surface area (Å²) in [6, 6.07) is 0.637. The summed E-state index contributed by atoms with van der Waals surface area (Å²) in [5, 5.41) is 3.59. The van der Waals surface area contributed by atoms with Crippen LogP contribution in [0.4, 0.5) is 0 Å². The summed E-state index contributed by atoms with van der Waals surface area (Å²) in [4.78, 5) is 2.79. The van der Waals surface area contributed by atoms with E-state index < -0.39 is 0 Å². The highest BCUT2D eigenvalue weighted by atomic mass is 15.2. The Morgan fingerprint density at radius 3 is 2.62 bits per heavy atom. The molecule has 16 heavy (non-hydrogen) atoms. The fraction of sp³-hybridized carbons (Fsp3) is 1.00. The topological polar surface area (TPSA) is 15.3 Å². The molecule has 0 bridgehead atoms. The van der Waals surface area contributed by atoms with Gasteiger partial charge in [0.15, 0.2) is 0 Å². The third-order valence-electron chi connectivity index (χ3n) is 4.71. The van der Waals surface area contributed by atoms with Crippen molar-refractivity contribution in [3.8, 4) is 0 Å². The summed E-state index contributed by atoms with van der Waals surface area (Å²) in [6.45, 7) is 10.8. The van der Waals surface area contributed by atoms with Gasteiger partial charge in [-0.1, -0.05) is 20.8 Å². The highest BCUT2D eigenvalue weighted by molar-refractivity contribution is 4.99. The molecular weight excluding hydrogens is 196 g/mol. The predicted molar refractivity (Wildman–Crippen MR) is 69.7 cm³/mol. The van der Waals surface area contributed by atoms with Crippen molar-refractivity contribution in [3.05, 3.63) is 0 Å². The van der Waals surface area contributed by atoms with E-state index in [-0.39, 0.29) is 0 Å². The van der Waals surface area contributed by atoms with Crippen LogP contribution in [0.5, 0.6) is 0 Å². The van der Waals surface area contributed by atoms with Crippen molar-refractivity contribution in [3.63, 3.8) is 0 Å². The molecule has 2 rings (SSSR count). The summed E-state index contributed by atoms with van der Waals surface area (Å²) >= 11 is 0. The van der Waals surface area contributed by atoms with Crippen LogP contribution in [0, 0.1) is 5.92 Å². The molecular formula is C14H28N2. The molecule has 1 atom stereocenters. The second-order valence-corrected chi connectivity index (χ2v) is 6.10. The molecule has 1 aliphatic carbocycles. The summed E-state index contributed by atoms with van der Waals surface area (Å²) in [6.07, 6.45) is 7.12. The van der Waals surface area contributed by atoms with Gasteiger partial charge in [0.25, 0.3) is 0 Å². The zero-order valence-electron chi connectivity index (χ0n) is 11.3. The van der Waals surface area contributed by atoms with Crippen LogP contribution in [0.1, 0.15) is 52.9 Å². The van der Waals surface area contributed by atoms with Gasteiger partial charge in [-0.05, 0) is 51.1 Å². The van der Waals surface area contributed by atoms with Gasteiger partial charge in [0.1, 0.15) is 0 Å². The maximum absolute atomic E-state index is 3.59. The first kappa shape index (κ1) is 12.4. The van der Waals surface area contributed by atoms with Crippen molar-refractivity contribution in [2.24, 2.45) is 5.92 Å². The number of likely N-dealkylation sites (tertiary alicyclic amines) is 1. The molecule has 1 aliphatic heterocycles. The molecule has 0 aromatic rings. The number of hydrogen-bond acceptors (Lipinski definition) is 2. The van der Waals surface area contributed by atoms with E-state index in [1.54, 1.807) is 0 Å². The van der Waals surface area contributed by atoms with Crippen LogP contribution in [0.25, 0.3) is 0 Å². The zero-order valence-corrected chi connectivity index (χ0v) is 11.3. The fourth-order valence-corrected chi connectivity index (χ4v) is 3.31. The van der Waals surface area contributed by atoms with Crippen LogP contribution in [0.15, 0.2) is 0 Å². The molecule has 2 heteroatoms. The Morgan fingerprint density at radius 1 is 1.38 bits per heavy atom. The SMILES string of the molecule is CCC1(N2CCC(CNC(C)C)C2)CCC1. The van der Waals surface area contributed by atoms with E-state index in [9.17, 15) is 0 Å². The van der Waals surface area contributed by atoms with E-state index >= 15 is 0 Å². The van der Waals surface area contributed by atoms with E-state index in [2.05, 4.69) is 31.0 Å². The Balaban J connectivity index is 1.79. The van der Waals surface area contributed by atoms with Gasteiger partial charge in [-0.2, -0.15) is 0 Å². The maximum Gasteiger partial charge on any atom is 0.0207 e. The Morgan fingerprint density at radius 2 is 2.12 bits per heavy atom. The molecule has 2 aliphatic rings. The summed E-state index contributed by atoms with van der Waals surface area (Å²) < 4.78 is 0. The number of nitrogens with zero attached hydrogens (tertiary/aromatic N) is 1. The standard InChI is InChI=1S/C14H28N2/c1-4-14(7-5-8-14)16-9-6-13(11-16)10-15-12(2)3/h12-13,15H,4-11H2,1-3H3. The minimum atomic E-state index is 0.618. The minimum Gasteiger partial charge on any atom is -0.314 e. The molecule has 94 valence electrons. The number of rotatable bonds is 5. The van der Waals surface area contributed by atoms with E-state index in [1.165, 1.54) is 51.7 Å². The first-order chi connectivity index (χ1) is 7.66. The van der Waals surface area contributed by atoms with Crippen LogP contribution in [0.3, 0.4) is 0 Å². The molecule has 0 aromatic heterocycles. The minimum absolute atomic E-state index is 0.618. The molecule has 2 nitrogen and oxygen atoms in total. The molecule has 0 radical (unpaired) electrons. The second-order valence-electron chi connectivity index (χ2n) is 6.10. The van der Waals surface area contributed by atoms with Crippen molar-refractivity contribution in [1.29, 1.82) is 0 Å². The molecule has 1 heterocycles. The molecule has 1 saturated heterocycles. The van der Waals surface area contributed by atoms with Gasteiger partial charge in [0.05, 0.1) is 0 Å².